The number of nitrogens with zero attached hydrogens (tertiary/aromatic N) is 3. The molecule has 130 valence electrons. The predicted molar refractivity (Wildman–Crippen MR) is 92.8 cm³/mol. The fourth-order valence-corrected chi connectivity index (χ4v) is 2.36. The second-order valence-corrected chi connectivity index (χ2v) is 5.40. The van der Waals surface area contributed by atoms with Gasteiger partial charge < -0.3 is 4.90 Å². The van der Waals surface area contributed by atoms with Gasteiger partial charge in [0.15, 0.2) is 0 Å². The van der Waals surface area contributed by atoms with E-state index in [4.69, 9.17) is 0 Å². The Balaban J connectivity index is 2.47. The van der Waals surface area contributed by atoms with Gasteiger partial charge in [0.2, 0.25) is 0 Å². The molecule has 0 fully saturated rings. The Kier molecular flexibility index (Phi) is 5.78. The van der Waals surface area contributed by atoms with Crippen LogP contribution >= 0.6 is 0 Å². The first kappa shape index (κ1) is 18.1. The second kappa shape index (κ2) is 8.00. The normalized spacial score (nSPS) is 10.3. The number of non-ortho nitro benzene ring substituents is 2. The van der Waals surface area contributed by atoms with Crippen LogP contribution in [0.5, 0.6) is 0 Å². The van der Waals surface area contributed by atoms with Crippen molar-refractivity contribution in [2.24, 2.45) is 0 Å². The van der Waals surface area contributed by atoms with Gasteiger partial charge in [-0.3, -0.25) is 25.0 Å². The van der Waals surface area contributed by atoms with Crippen molar-refractivity contribution in [3.63, 3.8) is 0 Å². The summed E-state index contributed by atoms with van der Waals surface area (Å²) in [5, 5.41) is 22.0. The van der Waals surface area contributed by atoms with Gasteiger partial charge in [-0.1, -0.05) is 31.5 Å². The van der Waals surface area contributed by atoms with Gasteiger partial charge >= 0.3 is 0 Å². The number of nitro benzene ring substituents is 2. The molecule has 0 aliphatic heterocycles. The molecule has 0 aromatic heterocycles. The van der Waals surface area contributed by atoms with E-state index in [1.165, 1.54) is 4.90 Å². The van der Waals surface area contributed by atoms with Gasteiger partial charge in [0, 0.05) is 24.4 Å². The van der Waals surface area contributed by atoms with E-state index in [2.05, 4.69) is 0 Å². The van der Waals surface area contributed by atoms with Gasteiger partial charge in [-0.2, -0.15) is 0 Å². The van der Waals surface area contributed by atoms with Gasteiger partial charge in [0.25, 0.3) is 17.3 Å². The van der Waals surface area contributed by atoms with Crippen molar-refractivity contribution in [1.29, 1.82) is 0 Å². The number of hydrogen-bond donors (Lipinski definition) is 0. The highest BCUT2D eigenvalue weighted by atomic mass is 16.6. The van der Waals surface area contributed by atoms with Crippen LogP contribution in [-0.4, -0.2) is 22.3 Å². The summed E-state index contributed by atoms with van der Waals surface area (Å²) >= 11 is 0. The lowest BCUT2D eigenvalue weighted by atomic mass is 10.1. The third-order valence-corrected chi connectivity index (χ3v) is 3.62. The van der Waals surface area contributed by atoms with Crippen molar-refractivity contribution < 1.29 is 14.6 Å². The molecule has 0 aliphatic carbocycles. The number of rotatable bonds is 7. The summed E-state index contributed by atoms with van der Waals surface area (Å²) in [6, 6.07) is 11.8. The number of carbonyl (C=O) groups is 1. The lowest BCUT2D eigenvalue weighted by molar-refractivity contribution is -0.394. The number of nitro groups is 2. The van der Waals surface area contributed by atoms with Crippen molar-refractivity contribution in [1.82, 2.24) is 0 Å². The number of para-hydroxylation sites is 1. The zero-order valence-corrected chi connectivity index (χ0v) is 13.6. The molecule has 2 rings (SSSR count). The number of unbranched alkanes of at least 4 members (excludes halogenated alkanes) is 1. The van der Waals surface area contributed by atoms with E-state index < -0.39 is 27.1 Å². The van der Waals surface area contributed by atoms with Crippen LogP contribution in [-0.2, 0) is 0 Å². The quantitative estimate of drug-likeness (QED) is 0.559. The molecule has 0 atom stereocenters. The minimum Gasteiger partial charge on any atom is -0.308 e. The molecule has 1 amide bonds. The van der Waals surface area contributed by atoms with Crippen molar-refractivity contribution >= 4 is 23.0 Å². The van der Waals surface area contributed by atoms with E-state index in [9.17, 15) is 25.0 Å². The summed E-state index contributed by atoms with van der Waals surface area (Å²) in [6.07, 6.45) is 1.59. The fraction of sp³-hybridized carbons (Fsp3) is 0.235. The molecule has 2 aromatic carbocycles. The van der Waals surface area contributed by atoms with E-state index in [1.54, 1.807) is 24.3 Å². The third kappa shape index (κ3) is 4.37. The van der Waals surface area contributed by atoms with Crippen LogP contribution in [0.1, 0.15) is 30.1 Å². The number of carbonyl (C=O) groups excluding carboxylic acids is 1. The van der Waals surface area contributed by atoms with Crippen LogP contribution in [0.4, 0.5) is 17.1 Å². The predicted octanol–water partition coefficient (Wildman–Crippen LogP) is 3.95. The second-order valence-electron chi connectivity index (χ2n) is 5.40. The van der Waals surface area contributed by atoms with E-state index in [1.807, 2.05) is 13.0 Å². The maximum Gasteiger partial charge on any atom is 0.277 e. The zero-order valence-electron chi connectivity index (χ0n) is 13.6. The van der Waals surface area contributed by atoms with Crippen LogP contribution in [0.2, 0.25) is 0 Å². The fourth-order valence-electron chi connectivity index (χ4n) is 2.36. The highest BCUT2D eigenvalue weighted by Gasteiger charge is 2.23. The number of benzene rings is 2. The Bertz CT molecular complexity index is 760. The topological polar surface area (TPSA) is 107 Å². The molecule has 0 saturated heterocycles. The molecule has 8 heteroatoms. The molecule has 0 aliphatic rings. The lowest BCUT2D eigenvalue weighted by Crippen LogP contribution is -2.32. The van der Waals surface area contributed by atoms with Gasteiger partial charge in [0.05, 0.1) is 21.5 Å². The van der Waals surface area contributed by atoms with Gasteiger partial charge in [-0.25, -0.2) is 0 Å². The Morgan fingerprint density at radius 1 is 1.00 bits per heavy atom. The molecular formula is C17H17N3O5. The summed E-state index contributed by atoms with van der Waals surface area (Å²) in [6.45, 7) is 2.39. The van der Waals surface area contributed by atoms with Crippen LogP contribution in [0.15, 0.2) is 48.5 Å². The average molecular weight is 343 g/mol. The lowest BCUT2D eigenvalue weighted by Gasteiger charge is -2.22. The summed E-state index contributed by atoms with van der Waals surface area (Å²) < 4.78 is 0. The average Bonchev–Trinajstić information content (AvgIpc) is 2.62. The Morgan fingerprint density at radius 2 is 1.56 bits per heavy atom. The first-order chi connectivity index (χ1) is 11.9. The summed E-state index contributed by atoms with van der Waals surface area (Å²) in [5.41, 5.74) is -0.418. The van der Waals surface area contributed by atoms with Crippen molar-refractivity contribution in [3.8, 4) is 0 Å². The number of hydrogen-bond acceptors (Lipinski definition) is 5. The molecule has 2 aromatic rings. The summed E-state index contributed by atoms with van der Waals surface area (Å²) in [4.78, 5) is 34.9. The molecule has 0 spiro atoms. The minimum absolute atomic E-state index is 0.0825. The van der Waals surface area contributed by atoms with E-state index in [0.717, 1.165) is 31.0 Å². The van der Waals surface area contributed by atoms with Gasteiger partial charge in [-0.05, 0) is 18.6 Å². The molecule has 8 nitrogen and oxygen atoms in total. The Morgan fingerprint density at radius 3 is 2.04 bits per heavy atom. The first-order valence-corrected chi connectivity index (χ1v) is 7.74. The smallest absolute Gasteiger partial charge is 0.277 e. The van der Waals surface area contributed by atoms with Crippen molar-refractivity contribution in [2.45, 2.75) is 19.8 Å². The van der Waals surface area contributed by atoms with Crippen LogP contribution in [0.25, 0.3) is 0 Å². The molecular weight excluding hydrogens is 326 g/mol. The highest BCUT2D eigenvalue weighted by molar-refractivity contribution is 6.06. The Hall–Kier alpha value is -3.29. The zero-order chi connectivity index (χ0) is 18.4. The first-order valence-electron chi connectivity index (χ1n) is 7.74. The number of anilines is 1. The summed E-state index contributed by atoms with van der Waals surface area (Å²) in [5.74, 6) is -0.508. The molecule has 0 saturated carbocycles. The van der Waals surface area contributed by atoms with E-state index >= 15 is 0 Å². The van der Waals surface area contributed by atoms with Crippen LogP contribution < -0.4 is 4.90 Å². The highest BCUT2D eigenvalue weighted by Crippen LogP contribution is 2.25. The van der Waals surface area contributed by atoms with Crippen molar-refractivity contribution in [3.05, 3.63) is 74.3 Å². The van der Waals surface area contributed by atoms with Crippen molar-refractivity contribution in [2.75, 3.05) is 11.4 Å². The number of amides is 1. The molecule has 0 N–H and O–H groups in total. The standard InChI is InChI=1S/C17H17N3O5/c1-2-3-9-18(14-7-5-4-6-8-14)17(21)13-10-15(19(22)23)12-16(11-13)20(24)25/h4-8,10-12H,2-3,9H2,1H3. The van der Waals surface area contributed by atoms with Gasteiger partial charge in [0.1, 0.15) is 0 Å². The van der Waals surface area contributed by atoms with Gasteiger partial charge in [-0.15, -0.1) is 0 Å². The van der Waals surface area contributed by atoms with Crippen LogP contribution in [0.3, 0.4) is 0 Å². The molecule has 0 radical (unpaired) electrons. The molecule has 25 heavy (non-hydrogen) atoms. The van der Waals surface area contributed by atoms with E-state index in [-0.39, 0.29) is 5.56 Å². The molecule has 0 heterocycles. The largest absolute Gasteiger partial charge is 0.308 e. The maximum atomic E-state index is 12.9. The summed E-state index contributed by atoms with van der Waals surface area (Å²) in [7, 11) is 0. The SMILES string of the molecule is CCCCN(C(=O)c1cc([N+](=O)[O-])cc([N+](=O)[O-])c1)c1ccccc1. The monoisotopic (exact) mass is 343 g/mol. The third-order valence-electron chi connectivity index (χ3n) is 3.62. The maximum absolute atomic E-state index is 12.9. The molecule has 0 bridgehead atoms. The molecule has 0 unspecified atom stereocenters. The van der Waals surface area contributed by atoms with E-state index in [0.29, 0.717) is 12.2 Å². The minimum atomic E-state index is -0.747. The van der Waals surface area contributed by atoms with Crippen LogP contribution in [0, 0.1) is 20.2 Å². The Labute approximate surface area is 144 Å².